The van der Waals surface area contributed by atoms with Gasteiger partial charge in [-0.05, 0) is 18.3 Å². The zero-order valence-corrected chi connectivity index (χ0v) is 11.9. The van der Waals surface area contributed by atoms with Crippen LogP contribution in [0.4, 0.5) is 0 Å². The monoisotopic (exact) mass is 257 g/mol. The van der Waals surface area contributed by atoms with E-state index in [0.29, 0.717) is 5.41 Å². The van der Waals surface area contributed by atoms with Gasteiger partial charge in [0.05, 0.1) is 10.7 Å². The number of aromatic nitrogens is 1. The minimum Gasteiger partial charge on any atom is -0.246 e. The van der Waals surface area contributed by atoms with Crippen LogP contribution in [0.5, 0.6) is 0 Å². The van der Waals surface area contributed by atoms with Gasteiger partial charge in [-0.25, -0.2) is 4.98 Å². The Morgan fingerprint density at radius 2 is 2.12 bits per heavy atom. The highest BCUT2D eigenvalue weighted by atomic mass is 35.5. The van der Waals surface area contributed by atoms with Gasteiger partial charge in [-0.15, -0.1) is 22.9 Å². The van der Waals surface area contributed by atoms with E-state index in [0.717, 1.165) is 12.3 Å². The maximum atomic E-state index is 6.08. The van der Waals surface area contributed by atoms with E-state index in [1.165, 1.54) is 30.0 Å². The predicted molar refractivity (Wildman–Crippen MR) is 71.5 cm³/mol. The molecule has 2 rings (SSSR count). The van der Waals surface area contributed by atoms with E-state index in [1.54, 1.807) is 11.3 Å². The van der Waals surface area contributed by atoms with Crippen LogP contribution in [0.2, 0.25) is 0 Å². The summed E-state index contributed by atoms with van der Waals surface area (Å²) in [5, 5.41) is 3.47. The van der Waals surface area contributed by atoms with Crippen molar-refractivity contribution in [3.8, 4) is 0 Å². The highest BCUT2D eigenvalue weighted by Gasteiger charge is 2.37. The maximum Gasteiger partial charge on any atom is 0.0934 e. The van der Waals surface area contributed by atoms with Crippen LogP contribution in [-0.2, 0) is 11.8 Å². The lowest BCUT2D eigenvalue weighted by Gasteiger charge is -2.39. The zero-order valence-electron chi connectivity index (χ0n) is 10.3. The van der Waals surface area contributed by atoms with E-state index in [2.05, 4.69) is 26.2 Å². The van der Waals surface area contributed by atoms with Crippen LogP contribution in [-0.4, -0.2) is 10.9 Å². The van der Waals surface area contributed by atoms with Crippen molar-refractivity contribution in [1.82, 2.24) is 4.98 Å². The first-order valence-electron chi connectivity index (χ1n) is 5.96. The molecular formula is C13H20ClNS. The Bertz CT molecular complexity index is 355. The standard InChI is InChI=1S/C13H20ClNS/c1-12(2,3)10-8-16-11(15-10)7-13(9-14)5-4-6-13/h8H,4-7,9H2,1-3H3. The predicted octanol–water partition coefficient (Wildman–Crippen LogP) is 4.39. The van der Waals surface area contributed by atoms with Gasteiger partial charge >= 0.3 is 0 Å². The molecule has 16 heavy (non-hydrogen) atoms. The molecule has 1 fully saturated rings. The Labute approximate surface area is 107 Å². The molecule has 1 nitrogen and oxygen atoms in total. The molecule has 1 aromatic heterocycles. The van der Waals surface area contributed by atoms with Crippen molar-refractivity contribution in [2.45, 2.75) is 51.9 Å². The Hall–Kier alpha value is -0.0800. The summed E-state index contributed by atoms with van der Waals surface area (Å²) in [5.74, 6) is 0.789. The van der Waals surface area contributed by atoms with Gasteiger partial charge in [0.15, 0.2) is 0 Å². The first-order valence-corrected chi connectivity index (χ1v) is 7.37. The summed E-state index contributed by atoms with van der Waals surface area (Å²) in [7, 11) is 0. The first kappa shape index (κ1) is 12.4. The third-order valence-corrected chi connectivity index (χ3v) is 4.96. The van der Waals surface area contributed by atoms with Crippen molar-refractivity contribution in [3.63, 3.8) is 0 Å². The van der Waals surface area contributed by atoms with E-state index in [-0.39, 0.29) is 5.41 Å². The van der Waals surface area contributed by atoms with Gasteiger partial charge in [0.25, 0.3) is 0 Å². The second-order valence-electron chi connectivity index (χ2n) is 6.04. The largest absolute Gasteiger partial charge is 0.246 e. The van der Waals surface area contributed by atoms with E-state index < -0.39 is 0 Å². The van der Waals surface area contributed by atoms with Crippen molar-refractivity contribution >= 4 is 22.9 Å². The van der Waals surface area contributed by atoms with Crippen molar-refractivity contribution < 1.29 is 0 Å². The summed E-state index contributed by atoms with van der Waals surface area (Å²) < 4.78 is 0. The van der Waals surface area contributed by atoms with Crippen molar-refractivity contribution in [3.05, 3.63) is 16.1 Å². The van der Waals surface area contributed by atoms with Gasteiger partial charge in [-0.3, -0.25) is 0 Å². The lowest BCUT2D eigenvalue weighted by atomic mass is 9.68. The zero-order chi connectivity index (χ0) is 11.8. The minimum atomic E-state index is 0.169. The molecule has 0 aliphatic heterocycles. The van der Waals surface area contributed by atoms with Gasteiger partial charge in [0, 0.05) is 23.1 Å². The van der Waals surface area contributed by atoms with Crippen molar-refractivity contribution in [2.75, 3.05) is 5.88 Å². The highest BCUT2D eigenvalue weighted by Crippen LogP contribution is 2.45. The third kappa shape index (κ3) is 2.43. The maximum absolute atomic E-state index is 6.08. The van der Waals surface area contributed by atoms with Gasteiger partial charge in [0.2, 0.25) is 0 Å². The highest BCUT2D eigenvalue weighted by molar-refractivity contribution is 7.09. The molecule has 1 aromatic rings. The summed E-state index contributed by atoms with van der Waals surface area (Å²) in [6.45, 7) is 6.64. The van der Waals surface area contributed by atoms with Gasteiger partial charge in [-0.2, -0.15) is 0 Å². The Morgan fingerprint density at radius 3 is 2.50 bits per heavy atom. The molecule has 0 aromatic carbocycles. The molecule has 0 radical (unpaired) electrons. The first-order chi connectivity index (χ1) is 7.45. The molecule has 0 spiro atoms. The molecule has 0 unspecified atom stereocenters. The number of thiazole rings is 1. The van der Waals surface area contributed by atoms with Crippen LogP contribution in [0.3, 0.4) is 0 Å². The molecule has 0 saturated heterocycles. The van der Waals surface area contributed by atoms with Crippen LogP contribution in [0.25, 0.3) is 0 Å². The fraction of sp³-hybridized carbons (Fsp3) is 0.769. The number of nitrogens with zero attached hydrogens (tertiary/aromatic N) is 1. The second kappa shape index (κ2) is 4.30. The Kier molecular flexibility index (Phi) is 3.33. The molecule has 1 aliphatic carbocycles. The molecule has 1 aliphatic rings. The van der Waals surface area contributed by atoms with Gasteiger partial charge < -0.3 is 0 Å². The molecular weight excluding hydrogens is 238 g/mol. The number of halogens is 1. The fourth-order valence-electron chi connectivity index (χ4n) is 2.09. The molecule has 1 saturated carbocycles. The topological polar surface area (TPSA) is 12.9 Å². The van der Waals surface area contributed by atoms with Gasteiger partial charge in [0.1, 0.15) is 0 Å². The average Bonchev–Trinajstić information content (AvgIpc) is 2.58. The Morgan fingerprint density at radius 1 is 1.44 bits per heavy atom. The lowest BCUT2D eigenvalue weighted by Crippen LogP contribution is -2.33. The summed E-state index contributed by atoms with van der Waals surface area (Å²) in [6, 6.07) is 0. The smallest absolute Gasteiger partial charge is 0.0934 e. The van der Waals surface area contributed by atoms with Crippen LogP contribution < -0.4 is 0 Å². The van der Waals surface area contributed by atoms with Crippen LogP contribution in [0.1, 0.15) is 50.7 Å². The third-order valence-electron chi connectivity index (χ3n) is 3.54. The molecule has 3 heteroatoms. The Balaban J connectivity index is 2.08. The SMILES string of the molecule is CC(C)(C)c1csc(CC2(CCl)CCC2)n1. The molecule has 0 N–H and O–H groups in total. The molecule has 1 heterocycles. The average molecular weight is 258 g/mol. The molecule has 0 atom stereocenters. The van der Waals surface area contributed by atoms with E-state index in [9.17, 15) is 0 Å². The van der Waals surface area contributed by atoms with Crippen molar-refractivity contribution in [1.29, 1.82) is 0 Å². The van der Waals surface area contributed by atoms with E-state index >= 15 is 0 Å². The lowest BCUT2D eigenvalue weighted by molar-refractivity contribution is 0.166. The molecule has 0 bridgehead atoms. The number of hydrogen-bond donors (Lipinski definition) is 0. The second-order valence-corrected chi connectivity index (χ2v) is 7.25. The van der Waals surface area contributed by atoms with Crippen LogP contribution >= 0.6 is 22.9 Å². The molecule has 0 amide bonds. The normalized spacial score (nSPS) is 19.5. The summed E-state index contributed by atoms with van der Waals surface area (Å²) in [6.07, 6.45) is 4.98. The van der Waals surface area contributed by atoms with Gasteiger partial charge in [-0.1, -0.05) is 27.2 Å². The van der Waals surface area contributed by atoms with E-state index in [4.69, 9.17) is 16.6 Å². The van der Waals surface area contributed by atoms with Crippen LogP contribution in [0.15, 0.2) is 5.38 Å². The number of alkyl halides is 1. The van der Waals surface area contributed by atoms with E-state index in [1.807, 2.05) is 0 Å². The fourth-order valence-corrected chi connectivity index (χ4v) is 3.65. The number of rotatable bonds is 3. The summed E-state index contributed by atoms with van der Waals surface area (Å²) >= 11 is 7.88. The molecule has 90 valence electrons. The summed E-state index contributed by atoms with van der Waals surface area (Å²) in [4.78, 5) is 4.76. The summed E-state index contributed by atoms with van der Waals surface area (Å²) in [5.41, 5.74) is 1.76. The number of hydrogen-bond acceptors (Lipinski definition) is 2. The van der Waals surface area contributed by atoms with Crippen molar-refractivity contribution in [2.24, 2.45) is 5.41 Å². The quantitative estimate of drug-likeness (QED) is 0.732. The minimum absolute atomic E-state index is 0.169. The van der Waals surface area contributed by atoms with Crippen LogP contribution in [0, 0.1) is 5.41 Å².